The van der Waals surface area contributed by atoms with E-state index in [1.54, 1.807) is 0 Å². The number of morpholine rings is 1. The van der Waals surface area contributed by atoms with Gasteiger partial charge in [0.05, 0.1) is 13.2 Å². The Morgan fingerprint density at radius 2 is 1.85 bits per heavy atom. The van der Waals surface area contributed by atoms with E-state index in [0.29, 0.717) is 18.4 Å². The minimum absolute atomic E-state index is 0.0814. The molecule has 0 aromatic rings. The van der Waals surface area contributed by atoms with Crippen LogP contribution in [0.25, 0.3) is 0 Å². The number of likely N-dealkylation sites (tertiary alicyclic amines) is 1. The second kappa shape index (κ2) is 6.90. The van der Waals surface area contributed by atoms with Gasteiger partial charge < -0.3 is 9.64 Å². The molecule has 0 spiro atoms. The van der Waals surface area contributed by atoms with E-state index in [2.05, 4.69) is 30.6 Å². The average Bonchev–Trinajstić information content (AvgIpc) is 2.38. The summed E-state index contributed by atoms with van der Waals surface area (Å²) in [6.45, 7) is 12.1. The van der Waals surface area contributed by atoms with E-state index >= 15 is 0 Å². The third-order valence-corrected chi connectivity index (χ3v) is 4.20. The maximum Gasteiger partial charge on any atom is 0.223 e. The summed E-state index contributed by atoms with van der Waals surface area (Å²) in [5.74, 6) is 0.343. The second-order valence-electron chi connectivity index (χ2n) is 7.39. The number of hydrogen-bond acceptors (Lipinski definition) is 3. The van der Waals surface area contributed by atoms with Crippen LogP contribution in [0, 0.1) is 5.41 Å². The van der Waals surface area contributed by atoms with Gasteiger partial charge in [-0.3, -0.25) is 9.69 Å². The number of rotatable bonds is 3. The maximum atomic E-state index is 12.5. The molecule has 0 radical (unpaired) electrons. The molecule has 0 aromatic carbocycles. The summed E-state index contributed by atoms with van der Waals surface area (Å²) in [6.07, 6.45) is 4.24. The lowest BCUT2D eigenvalue weighted by atomic mass is 9.90. The van der Waals surface area contributed by atoms with E-state index in [0.717, 1.165) is 52.2 Å². The first-order valence-electron chi connectivity index (χ1n) is 8.05. The van der Waals surface area contributed by atoms with E-state index in [1.165, 1.54) is 6.42 Å². The van der Waals surface area contributed by atoms with Crippen molar-refractivity contribution in [1.82, 2.24) is 9.80 Å². The molecule has 4 nitrogen and oxygen atoms in total. The zero-order valence-electron chi connectivity index (χ0n) is 13.4. The van der Waals surface area contributed by atoms with Crippen molar-refractivity contribution in [2.75, 3.05) is 39.4 Å². The van der Waals surface area contributed by atoms with Gasteiger partial charge in [0, 0.05) is 38.6 Å². The number of amides is 1. The normalized spacial score (nSPS) is 25.8. The molecule has 116 valence electrons. The molecule has 0 unspecified atom stereocenters. The third kappa shape index (κ3) is 4.74. The quantitative estimate of drug-likeness (QED) is 0.795. The van der Waals surface area contributed by atoms with Crippen LogP contribution >= 0.6 is 0 Å². The Balaban J connectivity index is 1.92. The number of carbonyl (C=O) groups is 1. The predicted molar refractivity (Wildman–Crippen MR) is 80.7 cm³/mol. The van der Waals surface area contributed by atoms with Crippen molar-refractivity contribution >= 4 is 5.91 Å². The van der Waals surface area contributed by atoms with Crippen molar-refractivity contribution < 1.29 is 9.53 Å². The van der Waals surface area contributed by atoms with Crippen LogP contribution in [0.1, 0.15) is 46.5 Å². The topological polar surface area (TPSA) is 32.8 Å². The van der Waals surface area contributed by atoms with Gasteiger partial charge in [0.1, 0.15) is 0 Å². The van der Waals surface area contributed by atoms with Crippen molar-refractivity contribution in [3.05, 3.63) is 0 Å². The van der Waals surface area contributed by atoms with Crippen LogP contribution in [0.5, 0.6) is 0 Å². The Kier molecular flexibility index (Phi) is 5.44. The summed E-state index contributed by atoms with van der Waals surface area (Å²) >= 11 is 0. The lowest BCUT2D eigenvalue weighted by molar-refractivity contribution is -0.137. The second-order valence-corrected chi connectivity index (χ2v) is 7.39. The van der Waals surface area contributed by atoms with Crippen LogP contribution < -0.4 is 0 Å². The first-order valence-corrected chi connectivity index (χ1v) is 8.05. The van der Waals surface area contributed by atoms with Crippen LogP contribution in [0.15, 0.2) is 0 Å². The van der Waals surface area contributed by atoms with Gasteiger partial charge in [-0.1, -0.05) is 20.8 Å². The summed E-state index contributed by atoms with van der Waals surface area (Å²) in [5.41, 5.74) is 0.0814. The lowest BCUT2D eigenvalue weighted by Crippen LogP contribution is -2.51. The Morgan fingerprint density at radius 3 is 2.50 bits per heavy atom. The fourth-order valence-corrected chi connectivity index (χ4v) is 3.16. The lowest BCUT2D eigenvalue weighted by Gasteiger charge is -2.40. The fourth-order valence-electron chi connectivity index (χ4n) is 3.16. The predicted octanol–water partition coefficient (Wildman–Crippen LogP) is 2.14. The van der Waals surface area contributed by atoms with Crippen LogP contribution in [0.2, 0.25) is 0 Å². The van der Waals surface area contributed by atoms with Gasteiger partial charge in [-0.2, -0.15) is 0 Å². The van der Waals surface area contributed by atoms with Crippen molar-refractivity contribution in [3.63, 3.8) is 0 Å². The van der Waals surface area contributed by atoms with Gasteiger partial charge in [-0.25, -0.2) is 0 Å². The molecule has 1 atom stereocenters. The van der Waals surface area contributed by atoms with Crippen molar-refractivity contribution in [2.45, 2.75) is 52.5 Å². The van der Waals surface area contributed by atoms with E-state index in [9.17, 15) is 4.79 Å². The molecule has 0 bridgehead atoms. The number of carbonyl (C=O) groups excluding carboxylic acids is 1. The zero-order chi connectivity index (χ0) is 14.6. The van der Waals surface area contributed by atoms with Crippen LogP contribution in [0.4, 0.5) is 0 Å². The molecule has 2 saturated heterocycles. The number of piperidine rings is 1. The molecule has 2 fully saturated rings. The highest BCUT2D eigenvalue weighted by Crippen LogP contribution is 2.24. The molecule has 0 aliphatic carbocycles. The van der Waals surface area contributed by atoms with Crippen LogP contribution in [0.3, 0.4) is 0 Å². The first-order chi connectivity index (χ1) is 9.46. The van der Waals surface area contributed by atoms with E-state index < -0.39 is 0 Å². The minimum atomic E-state index is 0.0814. The smallest absolute Gasteiger partial charge is 0.223 e. The molecule has 0 N–H and O–H groups in total. The van der Waals surface area contributed by atoms with Crippen molar-refractivity contribution in [3.8, 4) is 0 Å². The van der Waals surface area contributed by atoms with Gasteiger partial charge in [-0.15, -0.1) is 0 Å². The SMILES string of the molecule is CC(C)(C)CC(=O)N1CCCC[C@H]1CN1CCOCC1. The monoisotopic (exact) mass is 282 g/mol. The highest BCUT2D eigenvalue weighted by Gasteiger charge is 2.30. The summed E-state index contributed by atoms with van der Waals surface area (Å²) in [4.78, 5) is 17.2. The molecule has 2 aliphatic rings. The molecular weight excluding hydrogens is 252 g/mol. The maximum absolute atomic E-state index is 12.5. The van der Waals surface area contributed by atoms with Gasteiger partial charge in [0.2, 0.25) is 5.91 Å². The van der Waals surface area contributed by atoms with Gasteiger partial charge in [0.15, 0.2) is 0 Å². The first kappa shape index (κ1) is 15.8. The highest BCUT2D eigenvalue weighted by atomic mass is 16.5. The van der Waals surface area contributed by atoms with Crippen molar-refractivity contribution in [2.24, 2.45) is 5.41 Å². The molecule has 2 heterocycles. The van der Waals surface area contributed by atoms with Crippen LogP contribution in [-0.2, 0) is 9.53 Å². The third-order valence-electron chi connectivity index (χ3n) is 4.20. The standard InChI is InChI=1S/C16H30N2O2/c1-16(2,3)12-15(19)18-7-5-4-6-14(18)13-17-8-10-20-11-9-17/h14H,4-13H2,1-3H3/t14-/m0/s1. The summed E-state index contributed by atoms with van der Waals surface area (Å²) in [5, 5.41) is 0. The average molecular weight is 282 g/mol. The van der Waals surface area contributed by atoms with E-state index in [-0.39, 0.29) is 5.41 Å². The number of hydrogen-bond donors (Lipinski definition) is 0. The molecule has 4 heteroatoms. The van der Waals surface area contributed by atoms with Gasteiger partial charge in [0.25, 0.3) is 0 Å². The number of ether oxygens (including phenoxy) is 1. The molecule has 20 heavy (non-hydrogen) atoms. The van der Waals surface area contributed by atoms with Crippen molar-refractivity contribution in [1.29, 1.82) is 0 Å². The fraction of sp³-hybridized carbons (Fsp3) is 0.938. The number of nitrogens with zero attached hydrogens (tertiary/aromatic N) is 2. The summed E-state index contributed by atoms with van der Waals surface area (Å²) < 4.78 is 5.41. The molecule has 2 rings (SSSR count). The van der Waals surface area contributed by atoms with E-state index in [4.69, 9.17) is 4.74 Å². The zero-order valence-corrected chi connectivity index (χ0v) is 13.4. The summed E-state index contributed by atoms with van der Waals surface area (Å²) in [7, 11) is 0. The molecular formula is C16H30N2O2. The Bertz CT molecular complexity index is 319. The van der Waals surface area contributed by atoms with Gasteiger partial charge >= 0.3 is 0 Å². The minimum Gasteiger partial charge on any atom is -0.379 e. The Labute approximate surface area is 123 Å². The highest BCUT2D eigenvalue weighted by molar-refractivity contribution is 5.77. The molecule has 0 saturated carbocycles. The molecule has 1 amide bonds. The van der Waals surface area contributed by atoms with Crippen LogP contribution in [-0.4, -0.2) is 61.1 Å². The summed E-state index contributed by atoms with van der Waals surface area (Å²) in [6, 6.07) is 0.414. The Morgan fingerprint density at radius 1 is 1.15 bits per heavy atom. The van der Waals surface area contributed by atoms with Gasteiger partial charge in [-0.05, 0) is 24.7 Å². The Hall–Kier alpha value is -0.610. The molecule has 0 aromatic heterocycles. The molecule has 2 aliphatic heterocycles. The van der Waals surface area contributed by atoms with E-state index in [1.807, 2.05) is 0 Å². The largest absolute Gasteiger partial charge is 0.379 e.